The maximum atomic E-state index is 12.6. The van der Waals surface area contributed by atoms with Gasteiger partial charge < -0.3 is 24.4 Å². The second-order valence-electron chi connectivity index (χ2n) is 7.81. The van der Waals surface area contributed by atoms with Crippen LogP contribution >= 0.6 is 0 Å². The largest absolute Gasteiger partial charge is 0.507 e. The molecule has 0 aromatic heterocycles. The fourth-order valence-electron chi connectivity index (χ4n) is 3.66. The van der Waals surface area contributed by atoms with Crippen LogP contribution in [0.25, 0.3) is 0 Å². The maximum absolute atomic E-state index is 12.6. The van der Waals surface area contributed by atoms with Crippen LogP contribution in [0.1, 0.15) is 32.4 Å². The van der Waals surface area contributed by atoms with Crippen molar-refractivity contribution in [3.05, 3.63) is 83.4 Å². The lowest BCUT2D eigenvalue weighted by Crippen LogP contribution is -2.28. The molecule has 2 aliphatic rings. The zero-order chi connectivity index (χ0) is 25.9. The summed E-state index contributed by atoms with van der Waals surface area (Å²) in [4.78, 5) is 25.2. The first-order valence-electron chi connectivity index (χ1n) is 10.9. The van der Waals surface area contributed by atoms with Crippen LogP contribution in [-0.4, -0.2) is 46.1 Å². The zero-order valence-electron chi connectivity index (χ0n) is 19.0. The number of nitrogens with one attached hydrogen (secondary N) is 3. The van der Waals surface area contributed by atoms with Crippen LogP contribution in [0.5, 0.6) is 23.0 Å². The average molecular weight is 501 g/mol. The van der Waals surface area contributed by atoms with Crippen molar-refractivity contribution in [1.82, 2.24) is 10.9 Å². The highest BCUT2D eigenvalue weighted by Gasteiger charge is 2.38. The summed E-state index contributed by atoms with van der Waals surface area (Å²) in [7, 11) is 0. The molecule has 0 radical (unpaired) electrons. The van der Waals surface area contributed by atoms with Gasteiger partial charge in [0.25, 0.3) is 11.8 Å². The van der Waals surface area contributed by atoms with Crippen molar-refractivity contribution in [2.24, 2.45) is 10.2 Å². The normalized spacial score (nSPS) is 18.1. The lowest BCUT2D eigenvalue weighted by molar-refractivity contribution is 0.0943. The molecule has 2 aliphatic heterocycles. The molecule has 1 saturated heterocycles. The highest BCUT2D eigenvalue weighted by molar-refractivity contribution is 6.69. The fourth-order valence-corrected chi connectivity index (χ4v) is 3.66. The van der Waals surface area contributed by atoms with Crippen LogP contribution in [0.15, 0.2) is 76.9 Å². The molecule has 37 heavy (non-hydrogen) atoms. The van der Waals surface area contributed by atoms with Gasteiger partial charge in [-0.15, -0.1) is 0 Å². The standard InChI is InChI=1S/C25H19N5O7/c26-23-21(28-30-25(34)15-6-2-4-8-17(15)32)20(27-29-24(33)14-5-1-3-7-16(14)31)22(37-23)13-9-10-18-19(11-13)36-12-35-18/h1-11,22,26,31-32H,12H2,(H,29,33)(H,30,34)/b26-23?,27-20-,28-21+/t22-/m0/s1. The molecule has 0 spiro atoms. The molecule has 12 nitrogen and oxygen atoms in total. The maximum Gasteiger partial charge on any atom is 0.275 e. The van der Waals surface area contributed by atoms with Crippen molar-refractivity contribution < 1.29 is 34.0 Å². The van der Waals surface area contributed by atoms with Crippen LogP contribution in [0.2, 0.25) is 0 Å². The second-order valence-corrected chi connectivity index (χ2v) is 7.81. The van der Waals surface area contributed by atoms with Gasteiger partial charge in [0.1, 0.15) is 17.2 Å². The van der Waals surface area contributed by atoms with Crippen LogP contribution in [-0.2, 0) is 4.74 Å². The molecular weight excluding hydrogens is 482 g/mol. The van der Waals surface area contributed by atoms with Crippen LogP contribution in [0, 0.1) is 5.41 Å². The molecule has 3 aromatic rings. The van der Waals surface area contributed by atoms with E-state index in [9.17, 15) is 19.8 Å². The lowest BCUT2D eigenvalue weighted by Gasteiger charge is -2.11. The lowest BCUT2D eigenvalue weighted by atomic mass is 10.0. The highest BCUT2D eigenvalue weighted by atomic mass is 16.7. The average Bonchev–Trinajstić information content (AvgIpc) is 3.49. The summed E-state index contributed by atoms with van der Waals surface area (Å²) in [5, 5.41) is 36.3. The summed E-state index contributed by atoms with van der Waals surface area (Å²) in [6.07, 6.45) is -0.993. The van der Waals surface area contributed by atoms with Gasteiger partial charge in [-0.3, -0.25) is 15.0 Å². The number of hydrogen-bond acceptors (Lipinski definition) is 10. The third kappa shape index (κ3) is 4.62. The third-order valence-corrected chi connectivity index (χ3v) is 5.49. The molecular formula is C25H19N5O7. The van der Waals surface area contributed by atoms with Gasteiger partial charge in [0.2, 0.25) is 12.7 Å². The number of phenols is 2. The van der Waals surface area contributed by atoms with Gasteiger partial charge in [-0.2, -0.15) is 10.2 Å². The number of carbonyl (C=O) groups excluding carboxylic acids is 2. The van der Waals surface area contributed by atoms with E-state index in [1.807, 2.05) is 0 Å². The van der Waals surface area contributed by atoms with E-state index in [4.69, 9.17) is 19.6 Å². The predicted octanol–water partition coefficient (Wildman–Crippen LogP) is 2.45. The van der Waals surface area contributed by atoms with Crippen LogP contribution in [0.4, 0.5) is 0 Å². The number of carbonyl (C=O) groups is 2. The SMILES string of the molecule is N=C1O[C@@H](c2ccc3c(c2)OCO3)C(=N\NC(=O)c2ccccc2O)/C1=N\NC(=O)c1ccccc1O. The third-order valence-electron chi connectivity index (χ3n) is 5.49. The number of fused-ring (bicyclic) bond motifs is 1. The first kappa shape index (κ1) is 23.4. The number of ether oxygens (including phenoxy) is 3. The van der Waals surface area contributed by atoms with Gasteiger partial charge in [0.05, 0.1) is 11.1 Å². The van der Waals surface area contributed by atoms with Gasteiger partial charge in [-0.05, 0) is 36.4 Å². The smallest absolute Gasteiger partial charge is 0.275 e. The van der Waals surface area contributed by atoms with E-state index in [-0.39, 0.29) is 40.8 Å². The molecule has 186 valence electrons. The molecule has 0 saturated carbocycles. The van der Waals surface area contributed by atoms with Crippen molar-refractivity contribution >= 4 is 29.1 Å². The minimum Gasteiger partial charge on any atom is -0.507 e. The molecule has 0 bridgehead atoms. The van der Waals surface area contributed by atoms with Crippen molar-refractivity contribution in [2.75, 3.05) is 6.79 Å². The number of para-hydroxylation sites is 2. The molecule has 3 aromatic carbocycles. The molecule has 0 aliphatic carbocycles. The predicted molar refractivity (Wildman–Crippen MR) is 130 cm³/mol. The Hall–Kier alpha value is -5.39. The van der Waals surface area contributed by atoms with Crippen LogP contribution < -0.4 is 20.3 Å². The Morgan fingerprint density at radius 3 is 2.08 bits per heavy atom. The summed E-state index contributed by atoms with van der Waals surface area (Å²) in [6, 6.07) is 16.8. The van der Waals surface area contributed by atoms with Crippen molar-refractivity contribution in [3.63, 3.8) is 0 Å². The number of aromatic hydroxyl groups is 2. The van der Waals surface area contributed by atoms with Gasteiger partial charge in [-0.1, -0.05) is 30.3 Å². The Labute approximate surface area is 209 Å². The summed E-state index contributed by atoms with van der Waals surface area (Å²) in [6.45, 7) is 0.0583. The molecule has 5 N–H and O–H groups in total. The number of hydrazone groups is 2. The van der Waals surface area contributed by atoms with Gasteiger partial charge in [0, 0.05) is 5.56 Å². The van der Waals surface area contributed by atoms with E-state index >= 15 is 0 Å². The number of rotatable bonds is 5. The van der Waals surface area contributed by atoms with E-state index in [0.29, 0.717) is 17.1 Å². The van der Waals surface area contributed by atoms with E-state index in [0.717, 1.165) is 0 Å². The summed E-state index contributed by atoms with van der Waals surface area (Å²) in [5.74, 6) is -1.37. The number of benzene rings is 3. The van der Waals surface area contributed by atoms with Crippen molar-refractivity contribution in [3.8, 4) is 23.0 Å². The van der Waals surface area contributed by atoms with E-state index in [2.05, 4.69) is 21.1 Å². The topological polar surface area (TPSA) is 175 Å². The number of hydrogen-bond donors (Lipinski definition) is 5. The fraction of sp³-hybridized carbons (Fsp3) is 0.0800. The number of phenolic OH excluding ortho intramolecular Hbond substituents is 2. The Bertz CT molecular complexity index is 1480. The van der Waals surface area contributed by atoms with Crippen molar-refractivity contribution in [1.29, 1.82) is 5.41 Å². The van der Waals surface area contributed by atoms with E-state index in [1.165, 1.54) is 24.3 Å². The summed E-state index contributed by atoms with van der Waals surface area (Å²) in [5.41, 5.74) is 4.91. The summed E-state index contributed by atoms with van der Waals surface area (Å²) < 4.78 is 16.4. The first-order valence-corrected chi connectivity index (χ1v) is 10.9. The minimum absolute atomic E-state index is 0.00483. The monoisotopic (exact) mass is 501 g/mol. The quantitative estimate of drug-likeness (QED) is 0.334. The van der Waals surface area contributed by atoms with Crippen LogP contribution in [0.3, 0.4) is 0 Å². The van der Waals surface area contributed by atoms with Crippen molar-refractivity contribution in [2.45, 2.75) is 6.10 Å². The Morgan fingerprint density at radius 2 is 1.43 bits per heavy atom. The highest BCUT2D eigenvalue weighted by Crippen LogP contribution is 2.37. The first-order chi connectivity index (χ1) is 17.9. The van der Waals surface area contributed by atoms with E-state index in [1.54, 1.807) is 42.5 Å². The van der Waals surface area contributed by atoms with Gasteiger partial charge in [0.15, 0.2) is 23.3 Å². The Morgan fingerprint density at radius 1 is 0.838 bits per heavy atom. The molecule has 12 heteroatoms. The molecule has 2 amide bonds. The molecule has 1 atom stereocenters. The van der Waals surface area contributed by atoms with E-state index < -0.39 is 23.8 Å². The number of nitrogens with zero attached hydrogens (tertiary/aromatic N) is 2. The second kappa shape index (κ2) is 9.70. The zero-order valence-corrected chi connectivity index (χ0v) is 19.0. The Kier molecular flexibility index (Phi) is 6.12. The van der Waals surface area contributed by atoms with Gasteiger partial charge in [-0.25, -0.2) is 10.9 Å². The molecule has 5 rings (SSSR count). The number of amides is 2. The van der Waals surface area contributed by atoms with Gasteiger partial charge >= 0.3 is 0 Å². The molecule has 1 fully saturated rings. The summed E-state index contributed by atoms with van der Waals surface area (Å²) >= 11 is 0. The molecule has 2 heterocycles. The Balaban J connectivity index is 1.48. The minimum atomic E-state index is -0.993. The molecule has 0 unspecified atom stereocenters.